The van der Waals surface area contributed by atoms with Crippen molar-refractivity contribution in [2.75, 3.05) is 30.9 Å². The Morgan fingerprint density at radius 1 is 1.09 bits per heavy atom. The van der Waals surface area contributed by atoms with Gasteiger partial charge in [0.2, 0.25) is 0 Å². The number of primary amides is 1. The van der Waals surface area contributed by atoms with E-state index in [9.17, 15) is 4.79 Å². The fourth-order valence-electron chi connectivity index (χ4n) is 3.84. The predicted molar refractivity (Wildman–Crippen MR) is 139 cm³/mol. The molecule has 2 heterocycles. The van der Waals surface area contributed by atoms with Crippen LogP contribution in [0.2, 0.25) is 0 Å². The Labute approximate surface area is 204 Å². The first-order valence-corrected chi connectivity index (χ1v) is 11.5. The summed E-state index contributed by atoms with van der Waals surface area (Å²) in [4.78, 5) is 20.7. The molecule has 0 radical (unpaired) electrons. The molecule has 0 saturated carbocycles. The van der Waals surface area contributed by atoms with Crippen LogP contribution in [0.1, 0.15) is 29.3 Å². The lowest BCUT2D eigenvalue weighted by atomic mass is 10.1. The highest BCUT2D eigenvalue weighted by molar-refractivity contribution is 6.08. The highest BCUT2D eigenvalue weighted by Gasteiger charge is 2.18. The number of hydrogen-bond acceptors (Lipinski definition) is 7. The van der Waals surface area contributed by atoms with Gasteiger partial charge in [-0.25, -0.2) is 0 Å². The van der Waals surface area contributed by atoms with Gasteiger partial charge < -0.3 is 25.8 Å². The van der Waals surface area contributed by atoms with Crippen LogP contribution < -0.4 is 25.8 Å². The topological polar surface area (TPSA) is 111 Å². The number of ether oxygens (including phenoxy) is 2. The zero-order valence-corrected chi connectivity index (χ0v) is 19.9. The van der Waals surface area contributed by atoms with E-state index >= 15 is 0 Å². The van der Waals surface area contributed by atoms with Crippen LogP contribution in [0.3, 0.4) is 0 Å². The molecule has 180 valence electrons. The van der Waals surface area contributed by atoms with Gasteiger partial charge in [-0.2, -0.15) is 0 Å². The van der Waals surface area contributed by atoms with Crippen LogP contribution in [0.15, 0.2) is 67.1 Å². The number of hydrogen-bond donors (Lipinski definition) is 3. The molecule has 4 aromatic rings. The molecule has 0 fully saturated rings. The molecular weight excluding hydrogens is 442 g/mol. The number of fused-ring (bicyclic) bond motifs is 1. The summed E-state index contributed by atoms with van der Waals surface area (Å²) in [5.41, 5.74) is 10.3. The molecule has 0 unspecified atom stereocenters. The smallest absolute Gasteiger partial charge is 0.252 e. The number of aromatic nitrogens is 2. The molecule has 4 rings (SSSR count). The molecule has 0 atom stereocenters. The highest BCUT2D eigenvalue weighted by atomic mass is 16.5. The number of para-hydroxylation sites is 1. The van der Waals surface area contributed by atoms with Gasteiger partial charge in [0.15, 0.2) is 11.5 Å². The van der Waals surface area contributed by atoms with Gasteiger partial charge in [-0.3, -0.25) is 14.8 Å². The molecular formula is C27H29N5O3. The highest BCUT2D eigenvalue weighted by Crippen LogP contribution is 2.37. The van der Waals surface area contributed by atoms with Gasteiger partial charge in [-0.05, 0) is 42.7 Å². The quantitative estimate of drug-likeness (QED) is 0.266. The minimum Gasteiger partial charge on any atom is -0.493 e. The molecule has 1 amide bonds. The van der Waals surface area contributed by atoms with Crippen LogP contribution in [-0.2, 0) is 6.42 Å². The first kappa shape index (κ1) is 23.8. The minimum absolute atomic E-state index is 0.307. The van der Waals surface area contributed by atoms with E-state index < -0.39 is 5.91 Å². The summed E-state index contributed by atoms with van der Waals surface area (Å²) in [6.45, 7) is 3.30. The second-order valence-corrected chi connectivity index (χ2v) is 7.93. The molecule has 0 spiro atoms. The van der Waals surface area contributed by atoms with E-state index in [-0.39, 0.29) is 0 Å². The van der Waals surface area contributed by atoms with E-state index in [2.05, 4.69) is 27.5 Å². The summed E-state index contributed by atoms with van der Waals surface area (Å²) >= 11 is 0. The molecule has 35 heavy (non-hydrogen) atoms. The predicted octanol–water partition coefficient (Wildman–Crippen LogP) is 4.92. The van der Waals surface area contributed by atoms with Crippen LogP contribution in [0.5, 0.6) is 11.5 Å². The maximum atomic E-state index is 12.3. The molecule has 0 aliphatic heterocycles. The zero-order valence-electron chi connectivity index (χ0n) is 19.9. The van der Waals surface area contributed by atoms with Crippen LogP contribution in [0.25, 0.3) is 10.9 Å². The summed E-state index contributed by atoms with van der Waals surface area (Å²) < 4.78 is 11.6. The van der Waals surface area contributed by atoms with E-state index in [0.29, 0.717) is 34.9 Å². The third kappa shape index (κ3) is 5.60. The number of pyridine rings is 2. The number of benzene rings is 2. The number of anilines is 3. The molecule has 2 aromatic carbocycles. The molecule has 0 aliphatic carbocycles. The van der Waals surface area contributed by atoms with Crippen molar-refractivity contribution in [1.29, 1.82) is 0 Å². The van der Waals surface area contributed by atoms with E-state index in [1.807, 2.05) is 48.5 Å². The van der Waals surface area contributed by atoms with Crippen molar-refractivity contribution in [2.45, 2.75) is 19.8 Å². The Balaban J connectivity index is 1.61. The summed E-state index contributed by atoms with van der Waals surface area (Å²) in [5, 5.41) is 7.48. The average Bonchev–Trinajstić information content (AvgIpc) is 2.89. The molecule has 0 aliphatic rings. The fourth-order valence-corrected chi connectivity index (χ4v) is 3.84. The lowest BCUT2D eigenvalue weighted by molar-refractivity contribution is 0.100. The number of aryl methyl sites for hydroxylation is 1. The van der Waals surface area contributed by atoms with E-state index in [1.54, 1.807) is 19.5 Å². The molecule has 0 bridgehead atoms. The van der Waals surface area contributed by atoms with Crippen molar-refractivity contribution in [1.82, 2.24) is 9.97 Å². The Morgan fingerprint density at radius 2 is 1.89 bits per heavy atom. The number of amides is 1. The summed E-state index contributed by atoms with van der Waals surface area (Å²) in [5.74, 6) is 0.578. The summed E-state index contributed by atoms with van der Waals surface area (Å²) in [7, 11) is 1.59. The zero-order chi connectivity index (χ0) is 24.6. The normalized spacial score (nSPS) is 10.7. The van der Waals surface area contributed by atoms with Crippen molar-refractivity contribution >= 4 is 33.9 Å². The van der Waals surface area contributed by atoms with Crippen molar-refractivity contribution in [2.24, 2.45) is 5.73 Å². The second kappa shape index (κ2) is 11.2. The SMILES string of the molecule is CCc1ccccc1Nc1c(C(N)=O)cnc2cc(OC)c(OCCCNc3ccncc3)cc12. The monoisotopic (exact) mass is 471 g/mol. The maximum absolute atomic E-state index is 12.3. The molecule has 4 N–H and O–H groups in total. The molecule has 2 aromatic heterocycles. The Hall–Kier alpha value is -4.33. The third-order valence-corrected chi connectivity index (χ3v) is 5.66. The Bertz CT molecular complexity index is 1310. The third-order valence-electron chi connectivity index (χ3n) is 5.66. The fraction of sp³-hybridized carbons (Fsp3) is 0.222. The first-order chi connectivity index (χ1) is 17.1. The van der Waals surface area contributed by atoms with Crippen molar-refractivity contribution in [3.8, 4) is 11.5 Å². The maximum Gasteiger partial charge on any atom is 0.252 e. The largest absolute Gasteiger partial charge is 0.493 e. The number of carbonyl (C=O) groups excluding carboxylic acids is 1. The van der Waals surface area contributed by atoms with E-state index in [4.69, 9.17) is 15.2 Å². The summed E-state index contributed by atoms with van der Waals surface area (Å²) in [6.07, 6.45) is 6.60. The summed E-state index contributed by atoms with van der Waals surface area (Å²) in [6, 6.07) is 15.5. The molecule has 8 heteroatoms. The Morgan fingerprint density at radius 3 is 2.63 bits per heavy atom. The van der Waals surface area contributed by atoms with E-state index in [1.165, 1.54) is 6.20 Å². The first-order valence-electron chi connectivity index (χ1n) is 11.5. The lowest BCUT2D eigenvalue weighted by Crippen LogP contribution is -2.14. The lowest BCUT2D eigenvalue weighted by Gasteiger charge is -2.18. The van der Waals surface area contributed by atoms with Crippen molar-refractivity contribution in [3.63, 3.8) is 0 Å². The number of methoxy groups -OCH3 is 1. The van der Waals surface area contributed by atoms with Crippen LogP contribution in [0, 0.1) is 0 Å². The standard InChI is InChI=1S/C27H29N5O3/c1-3-18-7-4-5-8-22(18)32-26-20-15-25(35-14-6-11-30-19-9-12-29-13-10-19)24(34-2)16-23(20)31-17-21(26)27(28)33/h4-5,7-10,12-13,15-17H,3,6,11,14H2,1-2H3,(H2,28,33)(H,29,30)(H,31,32). The van der Waals surface area contributed by atoms with Gasteiger partial charge in [-0.15, -0.1) is 0 Å². The van der Waals surface area contributed by atoms with Crippen molar-refractivity contribution < 1.29 is 14.3 Å². The van der Waals surface area contributed by atoms with Gasteiger partial charge in [0.1, 0.15) is 0 Å². The van der Waals surface area contributed by atoms with Gasteiger partial charge in [0, 0.05) is 48.0 Å². The number of nitrogens with two attached hydrogens (primary N) is 1. The second-order valence-electron chi connectivity index (χ2n) is 7.93. The van der Waals surface area contributed by atoms with Crippen LogP contribution >= 0.6 is 0 Å². The number of nitrogens with one attached hydrogen (secondary N) is 2. The van der Waals surface area contributed by atoms with Crippen LogP contribution in [0.4, 0.5) is 17.1 Å². The molecule has 8 nitrogen and oxygen atoms in total. The Kier molecular flexibility index (Phi) is 7.62. The van der Waals surface area contributed by atoms with Gasteiger partial charge >= 0.3 is 0 Å². The van der Waals surface area contributed by atoms with Gasteiger partial charge in [0.25, 0.3) is 5.91 Å². The number of rotatable bonds is 11. The van der Waals surface area contributed by atoms with Gasteiger partial charge in [0.05, 0.1) is 30.5 Å². The average molecular weight is 472 g/mol. The van der Waals surface area contributed by atoms with Gasteiger partial charge in [-0.1, -0.05) is 25.1 Å². The molecule has 0 saturated heterocycles. The van der Waals surface area contributed by atoms with E-state index in [0.717, 1.165) is 41.7 Å². The van der Waals surface area contributed by atoms with Crippen molar-refractivity contribution in [3.05, 3.63) is 78.2 Å². The number of carbonyl (C=O) groups is 1. The number of nitrogens with zero attached hydrogens (tertiary/aromatic N) is 2. The van der Waals surface area contributed by atoms with Crippen LogP contribution in [-0.4, -0.2) is 36.1 Å². The minimum atomic E-state index is -0.559.